The van der Waals surface area contributed by atoms with Gasteiger partial charge in [-0.1, -0.05) is 11.6 Å². The number of anilines is 1. The van der Waals surface area contributed by atoms with Crippen LogP contribution in [0.4, 0.5) is 5.69 Å². The van der Waals surface area contributed by atoms with Gasteiger partial charge in [-0.15, -0.1) is 0 Å². The number of nitrogens with zero attached hydrogens (tertiary/aromatic N) is 1. The molecule has 1 aromatic rings. The molecule has 2 N–H and O–H groups in total. The van der Waals surface area contributed by atoms with Gasteiger partial charge < -0.3 is 15.3 Å². The van der Waals surface area contributed by atoms with Gasteiger partial charge in [-0.05, 0) is 18.2 Å². The Hall–Kier alpha value is -2.08. The first-order valence-corrected chi connectivity index (χ1v) is 5.72. The van der Waals surface area contributed by atoms with Crippen molar-refractivity contribution in [2.75, 3.05) is 19.4 Å². The summed E-state index contributed by atoms with van der Waals surface area (Å²) in [4.78, 5) is 34.8. The Morgan fingerprint density at radius 2 is 1.95 bits per heavy atom. The summed E-state index contributed by atoms with van der Waals surface area (Å²) in [5.41, 5.74) is 0.556. The van der Waals surface area contributed by atoms with E-state index < -0.39 is 18.3 Å². The van der Waals surface area contributed by atoms with Crippen LogP contribution >= 0.6 is 11.6 Å². The Balaban J connectivity index is 2.93. The maximum absolute atomic E-state index is 11.8. The lowest BCUT2D eigenvalue weighted by Gasteiger charge is -2.13. The third kappa shape index (κ3) is 4.26. The van der Waals surface area contributed by atoms with E-state index in [1.54, 1.807) is 14.1 Å². The van der Waals surface area contributed by atoms with Crippen LogP contribution in [0, 0.1) is 0 Å². The van der Waals surface area contributed by atoms with E-state index in [4.69, 9.17) is 16.7 Å². The number of nitrogens with one attached hydrogen (secondary N) is 1. The number of hydrogen-bond donors (Lipinski definition) is 2. The Kier molecular flexibility index (Phi) is 4.88. The van der Waals surface area contributed by atoms with Crippen molar-refractivity contribution in [1.82, 2.24) is 4.90 Å². The van der Waals surface area contributed by atoms with Crippen molar-refractivity contribution >= 4 is 35.1 Å². The van der Waals surface area contributed by atoms with E-state index in [2.05, 4.69) is 5.32 Å². The average Bonchev–Trinajstić information content (AvgIpc) is 2.29. The highest BCUT2D eigenvalue weighted by Gasteiger charge is 2.14. The van der Waals surface area contributed by atoms with Gasteiger partial charge in [-0.2, -0.15) is 0 Å². The zero-order valence-electron chi connectivity index (χ0n) is 10.4. The molecule has 6 nitrogen and oxygen atoms in total. The molecule has 0 fully saturated rings. The second-order valence-electron chi connectivity index (χ2n) is 4.01. The van der Waals surface area contributed by atoms with Crippen molar-refractivity contribution in [3.63, 3.8) is 0 Å². The zero-order chi connectivity index (χ0) is 14.6. The molecule has 0 aliphatic heterocycles. The first kappa shape index (κ1) is 15.0. The summed E-state index contributed by atoms with van der Waals surface area (Å²) < 4.78 is 0. The highest BCUT2D eigenvalue weighted by molar-refractivity contribution is 6.34. The number of carbonyl (C=O) groups excluding carboxylic acids is 2. The van der Waals surface area contributed by atoms with E-state index in [1.165, 1.54) is 23.1 Å². The van der Waals surface area contributed by atoms with Gasteiger partial charge in [0.15, 0.2) is 0 Å². The number of benzene rings is 1. The van der Waals surface area contributed by atoms with Crippen molar-refractivity contribution < 1.29 is 19.5 Å². The van der Waals surface area contributed by atoms with E-state index in [0.29, 0.717) is 5.69 Å². The van der Waals surface area contributed by atoms with Crippen molar-refractivity contribution in [3.05, 3.63) is 28.8 Å². The molecule has 2 amide bonds. The van der Waals surface area contributed by atoms with Crippen molar-refractivity contribution in [2.24, 2.45) is 0 Å². The van der Waals surface area contributed by atoms with Gasteiger partial charge in [0.05, 0.1) is 10.6 Å². The summed E-state index contributed by atoms with van der Waals surface area (Å²) in [6.45, 7) is 0. The molecular weight excluding hydrogens is 272 g/mol. The molecule has 0 bridgehead atoms. The molecule has 0 aromatic heterocycles. The molecule has 0 spiro atoms. The molecule has 102 valence electrons. The van der Waals surface area contributed by atoms with Crippen LogP contribution in [-0.2, 0) is 9.59 Å². The Labute approximate surface area is 115 Å². The maximum atomic E-state index is 11.8. The highest BCUT2D eigenvalue weighted by Crippen LogP contribution is 2.21. The second-order valence-corrected chi connectivity index (χ2v) is 4.42. The van der Waals surface area contributed by atoms with E-state index in [9.17, 15) is 14.4 Å². The Morgan fingerprint density at radius 1 is 1.32 bits per heavy atom. The lowest BCUT2D eigenvalue weighted by molar-refractivity contribution is -0.139. The summed E-state index contributed by atoms with van der Waals surface area (Å²) in [5.74, 6) is -2.20. The number of amides is 2. The second kappa shape index (κ2) is 6.19. The average molecular weight is 285 g/mol. The van der Waals surface area contributed by atoms with Gasteiger partial charge in [-0.3, -0.25) is 14.4 Å². The number of aliphatic carboxylic acids is 1. The summed E-state index contributed by atoms with van der Waals surface area (Å²) in [6.07, 6.45) is -0.639. The van der Waals surface area contributed by atoms with Gasteiger partial charge in [-0.25, -0.2) is 0 Å². The summed E-state index contributed by atoms with van der Waals surface area (Å²) in [6, 6.07) is 4.37. The van der Waals surface area contributed by atoms with Crippen LogP contribution in [0.3, 0.4) is 0 Å². The standard InChI is InChI=1S/C12H13ClN2O4/c1-15(2)12(19)8-5-7(3-4-9(8)13)14-10(16)6-11(17)18/h3-5H,6H2,1-2H3,(H,14,16)(H,17,18). The molecule has 0 aliphatic rings. The summed E-state index contributed by atoms with van der Waals surface area (Å²) >= 11 is 5.90. The highest BCUT2D eigenvalue weighted by atomic mass is 35.5. The number of carbonyl (C=O) groups is 3. The quantitative estimate of drug-likeness (QED) is 0.820. The van der Waals surface area contributed by atoms with Crippen LogP contribution in [0.1, 0.15) is 16.8 Å². The topological polar surface area (TPSA) is 86.7 Å². The summed E-state index contributed by atoms with van der Waals surface area (Å²) in [5, 5.41) is 11.1. The van der Waals surface area contributed by atoms with Crippen LogP contribution < -0.4 is 5.32 Å². The van der Waals surface area contributed by atoms with Crippen LogP contribution in [0.2, 0.25) is 5.02 Å². The number of carboxylic acid groups (broad SMARTS) is 1. The van der Waals surface area contributed by atoms with Crippen LogP contribution in [-0.4, -0.2) is 41.9 Å². The molecule has 0 radical (unpaired) electrons. The minimum Gasteiger partial charge on any atom is -0.481 e. The van der Waals surface area contributed by atoms with Gasteiger partial charge in [0, 0.05) is 19.8 Å². The molecular formula is C12H13ClN2O4. The van der Waals surface area contributed by atoms with Crippen molar-refractivity contribution in [2.45, 2.75) is 6.42 Å². The first-order valence-electron chi connectivity index (χ1n) is 5.34. The molecule has 0 saturated heterocycles. The normalized spacial score (nSPS) is 9.84. The van der Waals surface area contributed by atoms with E-state index in [0.717, 1.165) is 0 Å². The van der Waals surface area contributed by atoms with Gasteiger partial charge in [0.1, 0.15) is 6.42 Å². The summed E-state index contributed by atoms with van der Waals surface area (Å²) in [7, 11) is 3.16. The fourth-order valence-corrected chi connectivity index (χ4v) is 1.55. The molecule has 0 heterocycles. The van der Waals surface area contributed by atoms with Crippen LogP contribution in [0.15, 0.2) is 18.2 Å². The first-order chi connectivity index (χ1) is 8.81. The van der Waals surface area contributed by atoms with Gasteiger partial charge in [0.25, 0.3) is 5.91 Å². The van der Waals surface area contributed by atoms with E-state index in [1.807, 2.05) is 0 Å². The van der Waals surface area contributed by atoms with Crippen LogP contribution in [0.25, 0.3) is 0 Å². The molecule has 0 unspecified atom stereocenters. The largest absolute Gasteiger partial charge is 0.481 e. The van der Waals surface area contributed by atoms with Crippen LogP contribution in [0.5, 0.6) is 0 Å². The molecule has 0 aliphatic carbocycles. The van der Waals surface area contributed by atoms with Crippen molar-refractivity contribution in [3.8, 4) is 0 Å². The SMILES string of the molecule is CN(C)C(=O)c1cc(NC(=O)CC(=O)O)ccc1Cl. The predicted octanol–water partition coefficient (Wildman–Crippen LogP) is 1.46. The molecule has 7 heteroatoms. The maximum Gasteiger partial charge on any atom is 0.312 e. The van der Waals surface area contributed by atoms with E-state index in [-0.39, 0.29) is 16.5 Å². The third-order valence-electron chi connectivity index (χ3n) is 2.20. The monoisotopic (exact) mass is 284 g/mol. The Bertz CT molecular complexity index is 528. The number of rotatable bonds is 4. The zero-order valence-corrected chi connectivity index (χ0v) is 11.2. The number of halogens is 1. The predicted molar refractivity (Wildman–Crippen MR) is 70.4 cm³/mol. The third-order valence-corrected chi connectivity index (χ3v) is 2.53. The fraction of sp³-hybridized carbons (Fsp3) is 0.250. The lowest BCUT2D eigenvalue weighted by atomic mass is 10.1. The van der Waals surface area contributed by atoms with Gasteiger partial charge >= 0.3 is 5.97 Å². The minimum absolute atomic E-state index is 0.236. The van der Waals surface area contributed by atoms with Gasteiger partial charge in [0.2, 0.25) is 5.91 Å². The number of carboxylic acids is 1. The lowest BCUT2D eigenvalue weighted by Crippen LogP contribution is -2.22. The van der Waals surface area contributed by atoms with E-state index >= 15 is 0 Å². The Morgan fingerprint density at radius 3 is 2.47 bits per heavy atom. The minimum atomic E-state index is -1.23. The smallest absolute Gasteiger partial charge is 0.312 e. The fourth-order valence-electron chi connectivity index (χ4n) is 1.35. The molecule has 19 heavy (non-hydrogen) atoms. The number of hydrogen-bond acceptors (Lipinski definition) is 3. The molecule has 0 saturated carbocycles. The molecule has 1 rings (SSSR count). The molecule has 1 aromatic carbocycles. The van der Waals surface area contributed by atoms with Crippen molar-refractivity contribution in [1.29, 1.82) is 0 Å². The molecule has 0 atom stereocenters.